The monoisotopic (exact) mass is 383 g/mol. The molecule has 7 nitrogen and oxygen atoms in total. The first-order chi connectivity index (χ1) is 13.5. The van der Waals surface area contributed by atoms with Crippen LogP contribution in [-0.2, 0) is 0 Å². The Hall–Kier alpha value is -3.55. The Labute approximate surface area is 160 Å². The number of carbonyl (C=O) groups excluding carboxylic acids is 1. The molecule has 1 aliphatic heterocycles. The quantitative estimate of drug-likeness (QED) is 0.705. The molecule has 1 atom stereocenters. The van der Waals surface area contributed by atoms with E-state index >= 15 is 0 Å². The molecule has 0 bridgehead atoms. The highest BCUT2D eigenvalue weighted by Gasteiger charge is 2.18. The first-order valence-corrected chi connectivity index (χ1v) is 8.65. The minimum absolute atomic E-state index is 0.157. The highest BCUT2D eigenvalue weighted by molar-refractivity contribution is 5.93. The summed E-state index contributed by atoms with van der Waals surface area (Å²) in [7, 11) is 1.40. The molecule has 28 heavy (non-hydrogen) atoms. The van der Waals surface area contributed by atoms with Crippen LogP contribution in [0, 0.1) is 5.82 Å². The van der Waals surface area contributed by atoms with Gasteiger partial charge in [-0.05, 0) is 48.9 Å². The van der Waals surface area contributed by atoms with E-state index in [0.717, 1.165) is 5.56 Å². The number of fused-ring (bicyclic) bond motifs is 1. The number of H-pyrrole nitrogens is 1. The van der Waals surface area contributed by atoms with Gasteiger partial charge in [0.05, 0.1) is 18.8 Å². The molecule has 4 rings (SSSR count). The van der Waals surface area contributed by atoms with Gasteiger partial charge in [-0.3, -0.25) is 9.89 Å². The van der Waals surface area contributed by atoms with Crippen LogP contribution in [0.1, 0.15) is 29.0 Å². The number of nitrogens with one attached hydrogen (secondary N) is 2. The molecule has 8 heteroatoms. The Bertz CT molecular complexity index is 1030. The molecule has 1 unspecified atom stereocenters. The van der Waals surface area contributed by atoms with Crippen molar-refractivity contribution in [3.63, 3.8) is 0 Å². The molecule has 2 aromatic carbocycles. The number of rotatable bonds is 5. The van der Waals surface area contributed by atoms with Crippen molar-refractivity contribution in [2.24, 2.45) is 0 Å². The van der Waals surface area contributed by atoms with Crippen molar-refractivity contribution in [2.45, 2.75) is 13.0 Å². The number of ether oxygens (including phenoxy) is 3. The fourth-order valence-electron chi connectivity index (χ4n) is 2.95. The SMILES string of the molecule is COc1ccc(C(C)NC(=O)c2cc(-c3ccc4c(c3)OCO4)n[nH]2)cc1F. The van der Waals surface area contributed by atoms with Crippen LogP contribution in [0.2, 0.25) is 0 Å². The standard InChI is InChI=1S/C20H18FN3O4/c1-11(12-3-5-17(26-2)14(21)7-12)22-20(25)16-9-15(23-24-16)13-4-6-18-19(8-13)28-10-27-18/h3-9,11H,10H2,1-2H3,(H,22,25)(H,23,24). The lowest BCUT2D eigenvalue weighted by Gasteiger charge is -2.14. The summed E-state index contributed by atoms with van der Waals surface area (Å²) in [6, 6.07) is 11.3. The smallest absolute Gasteiger partial charge is 0.269 e. The van der Waals surface area contributed by atoms with Crippen molar-refractivity contribution in [3.8, 4) is 28.5 Å². The average molecular weight is 383 g/mol. The number of hydrogen-bond donors (Lipinski definition) is 2. The van der Waals surface area contributed by atoms with Crippen LogP contribution in [0.5, 0.6) is 17.2 Å². The predicted octanol–water partition coefficient (Wildman–Crippen LogP) is 3.44. The third-order valence-corrected chi connectivity index (χ3v) is 4.51. The molecule has 0 saturated heterocycles. The van der Waals surface area contributed by atoms with E-state index in [4.69, 9.17) is 14.2 Å². The molecule has 0 fully saturated rings. The Morgan fingerprint density at radius 3 is 2.82 bits per heavy atom. The lowest BCUT2D eigenvalue weighted by molar-refractivity contribution is 0.0934. The zero-order chi connectivity index (χ0) is 19.7. The van der Waals surface area contributed by atoms with Crippen molar-refractivity contribution >= 4 is 5.91 Å². The molecule has 144 valence electrons. The number of amides is 1. The van der Waals surface area contributed by atoms with Gasteiger partial charge in [0.1, 0.15) is 5.69 Å². The number of benzene rings is 2. The van der Waals surface area contributed by atoms with E-state index in [9.17, 15) is 9.18 Å². The summed E-state index contributed by atoms with van der Waals surface area (Å²) in [6.07, 6.45) is 0. The molecule has 2 heterocycles. The second kappa shape index (κ2) is 7.22. The van der Waals surface area contributed by atoms with E-state index in [0.29, 0.717) is 28.5 Å². The minimum atomic E-state index is -0.479. The summed E-state index contributed by atoms with van der Waals surface area (Å²) in [5.74, 6) is 0.652. The number of carbonyl (C=O) groups is 1. The first-order valence-electron chi connectivity index (χ1n) is 8.65. The zero-order valence-corrected chi connectivity index (χ0v) is 15.3. The molecule has 3 aromatic rings. The van der Waals surface area contributed by atoms with E-state index in [1.807, 2.05) is 12.1 Å². The van der Waals surface area contributed by atoms with Gasteiger partial charge in [-0.25, -0.2) is 4.39 Å². The van der Waals surface area contributed by atoms with Gasteiger partial charge in [-0.15, -0.1) is 0 Å². The maximum atomic E-state index is 13.9. The van der Waals surface area contributed by atoms with Crippen molar-refractivity contribution in [1.29, 1.82) is 0 Å². The van der Waals surface area contributed by atoms with E-state index in [1.165, 1.54) is 19.2 Å². The second-order valence-electron chi connectivity index (χ2n) is 6.32. The van der Waals surface area contributed by atoms with Gasteiger partial charge in [-0.1, -0.05) is 6.07 Å². The van der Waals surface area contributed by atoms with Gasteiger partial charge in [0.2, 0.25) is 6.79 Å². The fraction of sp³-hybridized carbons (Fsp3) is 0.200. The van der Waals surface area contributed by atoms with Crippen molar-refractivity contribution in [3.05, 3.63) is 59.5 Å². The molecule has 0 radical (unpaired) electrons. The van der Waals surface area contributed by atoms with Gasteiger partial charge in [0.15, 0.2) is 23.1 Å². The van der Waals surface area contributed by atoms with Gasteiger partial charge < -0.3 is 19.5 Å². The topological polar surface area (TPSA) is 85.5 Å². The average Bonchev–Trinajstić information content (AvgIpc) is 3.36. The van der Waals surface area contributed by atoms with Crippen LogP contribution in [0.4, 0.5) is 4.39 Å². The van der Waals surface area contributed by atoms with Crippen molar-refractivity contribution in [2.75, 3.05) is 13.9 Å². The highest BCUT2D eigenvalue weighted by Crippen LogP contribution is 2.35. The molecule has 1 aliphatic rings. The maximum absolute atomic E-state index is 13.9. The van der Waals surface area contributed by atoms with Crippen LogP contribution < -0.4 is 19.5 Å². The summed E-state index contributed by atoms with van der Waals surface area (Å²) >= 11 is 0. The van der Waals surface area contributed by atoms with Gasteiger partial charge in [0.25, 0.3) is 5.91 Å². The number of methoxy groups -OCH3 is 1. The Morgan fingerprint density at radius 1 is 1.21 bits per heavy atom. The van der Waals surface area contributed by atoms with E-state index < -0.39 is 11.9 Å². The lowest BCUT2D eigenvalue weighted by Crippen LogP contribution is -2.27. The number of hydrogen-bond acceptors (Lipinski definition) is 5. The molecule has 0 aliphatic carbocycles. The van der Waals surface area contributed by atoms with Crippen molar-refractivity contribution < 1.29 is 23.4 Å². The second-order valence-corrected chi connectivity index (χ2v) is 6.32. The minimum Gasteiger partial charge on any atom is -0.494 e. The summed E-state index contributed by atoms with van der Waals surface area (Å²) in [6.45, 7) is 1.96. The zero-order valence-electron chi connectivity index (χ0n) is 15.3. The van der Waals surface area contributed by atoms with Crippen LogP contribution in [0.25, 0.3) is 11.3 Å². The molecular weight excluding hydrogens is 365 g/mol. The third-order valence-electron chi connectivity index (χ3n) is 4.51. The Morgan fingerprint density at radius 2 is 2.04 bits per heavy atom. The highest BCUT2D eigenvalue weighted by atomic mass is 19.1. The molecule has 1 aromatic heterocycles. The predicted molar refractivity (Wildman–Crippen MR) is 99.0 cm³/mol. The number of nitrogens with zero attached hydrogens (tertiary/aromatic N) is 1. The molecule has 1 amide bonds. The van der Waals surface area contributed by atoms with Crippen LogP contribution in [-0.4, -0.2) is 30.0 Å². The summed E-state index contributed by atoms with van der Waals surface area (Å²) in [4.78, 5) is 12.5. The van der Waals surface area contributed by atoms with Gasteiger partial charge >= 0.3 is 0 Å². The number of aromatic amines is 1. The van der Waals surface area contributed by atoms with Crippen molar-refractivity contribution in [1.82, 2.24) is 15.5 Å². The Balaban J connectivity index is 1.48. The lowest BCUT2D eigenvalue weighted by atomic mass is 10.1. The molecule has 2 N–H and O–H groups in total. The fourth-order valence-corrected chi connectivity index (χ4v) is 2.95. The maximum Gasteiger partial charge on any atom is 0.269 e. The normalized spacial score (nSPS) is 13.2. The first kappa shape index (κ1) is 17.8. The van der Waals surface area contributed by atoms with Crippen LogP contribution in [0.15, 0.2) is 42.5 Å². The third kappa shape index (κ3) is 3.36. The molecular formula is C20H18FN3O4. The van der Waals surface area contributed by atoms with E-state index in [2.05, 4.69) is 15.5 Å². The number of aromatic nitrogens is 2. The largest absolute Gasteiger partial charge is 0.494 e. The Kier molecular flexibility index (Phi) is 4.60. The summed E-state index contributed by atoms with van der Waals surface area (Å²) in [5.41, 5.74) is 2.33. The van der Waals surface area contributed by atoms with E-state index in [1.54, 1.807) is 25.1 Å². The molecule has 0 spiro atoms. The van der Waals surface area contributed by atoms with Gasteiger partial charge in [0, 0.05) is 5.56 Å². The van der Waals surface area contributed by atoms with Gasteiger partial charge in [-0.2, -0.15) is 5.10 Å². The van der Waals surface area contributed by atoms with E-state index in [-0.39, 0.29) is 18.4 Å². The molecule has 0 saturated carbocycles. The van der Waals surface area contributed by atoms with Crippen LogP contribution >= 0.6 is 0 Å². The summed E-state index contributed by atoms with van der Waals surface area (Å²) < 4.78 is 29.5. The summed E-state index contributed by atoms with van der Waals surface area (Å²) in [5, 5.41) is 9.74. The van der Waals surface area contributed by atoms with Crippen LogP contribution in [0.3, 0.4) is 0 Å². The number of halogens is 1.